The highest BCUT2D eigenvalue weighted by Gasteiger charge is 2.08. The van der Waals surface area contributed by atoms with Crippen LogP contribution in [0.1, 0.15) is 33.6 Å². The molecule has 2 aromatic heterocycles. The van der Waals surface area contributed by atoms with Crippen LogP contribution in [0.4, 0.5) is 10.8 Å². The van der Waals surface area contributed by atoms with Crippen molar-refractivity contribution in [3.05, 3.63) is 51.7 Å². The van der Waals surface area contributed by atoms with E-state index in [0.29, 0.717) is 6.42 Å². The van der Waals surface area contributed by atoms with Crippen molar-refractivity contribution in [3.8, 4) is 0 Å². The van der Waals surface area contributed by atoms with E-state index in [4.69, 9.17) is 0 Å². The van der Waals surface area contributed by atoms with E-state index in [1.807, 2.05) is 23.6 Å². The Labute approximate surface area is 159 Å². The average Bonchev–Trinajstić information content (AvgIpc) is 3.27. The molecule has 0 amide bonds. The summed E-state index contributed by atoms with van der Waals surface area (Å²) in [4.78, 5) is 12.8. The number of thiophene rings is 1. The summed E-state index contributed by atoms with van der Waals surface area (Å²) in [5.41, 5.74) is 3.55. The van der Waals surface area contributed by atoms with Crippen LogP contribution >= 0.6 is 34.4 Å². The fourth-order valence-electron chi connectivity index (χ4n) is 2.21. The zero-order valence-corrected chi connectivity index (χ0v) is 16.6. The Kier molecular flexibility index (Phi) is 6.23. The highest BCUT2D eigenvalue weighted by Crippen LogP contribution is 2.29. The zero-order valence-electron chi connectivity index (χ0n) is 14.1. The number of benzene rings is 1. The summed E-state index contributed by atoms with van der Waals surface area (Å²) in [7, 11) is 0. The van der Waals surface area contributed by atoms with Crippen molar-refractivity contribution in [2.45, 2.75) is 31.0 Å². The van der Waals surface area contributed by atoms with Gasteiger partial charge < -0.3 is 5.32 Å². The molecule has 130 valence electrons. The predicted molar refractivity (Wildman–Crippen MR) is 108 cm³/mol. The molecule has 0 aliphatic rings. The van der Waals surface area contributed by atoms with E-state index in [-0.39, 0.29) is 5.78 Å². The number of aromatic nitrogens is 2. The SMILES string of the molecule is Cc1ccc(Nc2nnc(SCCCC(=O)c3cccs3)s2)cc1C. The number of hydrogen-bond acceptors (Lipinski definition) is 7. The molecule has 0 spiro atoms. The second-order valence-corrected chi connectivity index (χ2v) is 8.92. The van der Waals surface area contributed by atoms with Crippen LogP contribution in [0.3, 0.4) is 0 Å². The molecule has 0 unspecified atom stereocenters. The summed E-state index contributed by atoms with van der Waals surface area (Å²) in [5, 5.41) is 14.4. The third kappa shape index (κ3) is 5.14. The van der Waals surface area contributed by atoms with Crippen LogP contribution < -0.4 is 5.32 Å². The summed E-state index contributed by atoms with van der Waals surface area (Å²) >= 11 is 4.70. The number of nitrogens with zero attached hydrogens (tertiary/aromatic N) is 2. The Hall–Kier alpha value is -1.70. The van der Waals surface area contributed by atoms with Gasteiger partial charge in [0.25, 0.3) is 0 Å². The van der Waals surface area contributed by atoms with E-state index < -0.39 is 0 Å². The van der Waals surface area contributed by atoms with Crippen molar-refractivity contribution < 1.29 is 4.79 Å². The number of carbonyl (C=O) groups excluding carboxylic acids is 1. The lowest BCUT2D eigenvalue weighted by Gasteiger charge is -2.05. The van der Waals surface area contributed by atoms with Crippen LogP contribution in [0.15, 0.2) is 40.1 Å². The van der Waals surface area contributed by atoms with Crippen molar-refractivity contribution in [1.29, 1.82) is 0 Å². The number of anilines is 2. The molecule has 0 aliphatic carbocycles. The molecule has 25 heavy (non-hydrogen) atoms. The first-order valence-electron chi connectivity index (χ1n) is 7.99. The van der Waals surface area contributed by atoms with Gasteiger partial charge in [-0.15, -0.1) is 21.5 Å². The van der Waals surface area contributed by atoms with Gasteiger partial charge in [-0.1, -0.05) is 35.2 Å². The van der Waals surface area contributed by atoms with Gasteiger partial charge in [-0.05, 0) is 55.0 Å². The quantitative estimate of drug-likeness (QED) is 0.303. The van der Waals surface area contributed by atoms with Gasteiger partial charge in [-0.3, -0.25) is 4.79 Å². The number of thioether (sulfide) groups is 1. The number of ketones is 1. The molecule has 0 radical (unpaired) electrons. The molecule has 1 N–H and O–H groups in total. The van der Waals surface area contributed by atoms with E-state index in [0.717, 1.165) is 32.2 Å². The van der Waals surface area contributed by atoms with E-state index in [2.05, 4.69) is 41.5 Å². The van der Waals surface area contributed by atoms with Gasteiger partial charge in [0.1, 0.15) is 0 Å². The zero-order chi connectivity index (χ0) is 17.6. The molecule has 3 aromatic rings. The third-order valence-electron chi connectivity index (χ3n) is 3.73. The van der Waals surface area contributed by atoms with E-state index >= 15 is 0 Å². The summed E-state index contributed by atoms with van der Waals surface area (Å²) in [6, 6.07) is 10.1. The normalized spacial score (nSPS) is 10.8. The van der Waals surface area contributed by atoms with E-state index in [1.54, 1.807) is 23.1 Å². The fourth-order valence-corrected chi connectivity index (χ4v) is 4.69. The number of hydrogen-bond donors (Lipinski definition) is 1. The molecular weight excluding hydrogens is 370 g/mol. The lowest BCUT2D eigenvalue weighted by Crippen LogP contribution is -1.96. The Balaban J connectivity index is 1.45. The number of aryl methyl sites for hydroxylation is 2. The predicted octanol–water partition coefficient (Wildman–Crippen LogP) is 5.72. The van der Waals surface area contributed by atoms with Crippen molar-refractivity contribution in [1.82, 2.24) is 10.2 Å². The summed E-state index contributed by atoms with van der Waals surface area (Å²) in [5.74, 6) is 1.10. The second kappa shape index (κ2) is 8.60. The summed E-state index contributed by atoms with van der Waals surface area (Å²) in [6.07, 6.45) is 1.43. The molecule has 7 heteroatoms. The maximum absolute atomic E-state index is 11.9. The topological polar surface area (TPSA) is 54.9 Å². The summed E-state index contributed by atoms with van der Waals surface area (Å²) in [6.45, 7) is 4.20. The molecule has 0 saturated carbocycles. The molecule has 0 fully saturated rings. The molecule has 3 rings (SSSR count). The Bertz CT molecular complexity index is 843. The molecule has 0 aliphatic heterocycles. The first kappa shape index (κ1) is 18.1. The minimum Gasteiger partial charge on any atom is -0.330 e. The Morgan fingerprint density at radius 1 is 1.20 bits per heavy atom. The first-order chi connectivity index (χ1) is 12.1. The van der Waals surface area contributed by atoms with E-state index in [9.17, 15) is 4.79 Å². The molecule has 0 atom stereocenters. The van der Waals surface area contributed by atoms with Crippen LogP contribution in [0.2, 0.25) is 0 Å². The van der Waals surface area contributed by atoms with Gasteiger partial charge >= 0.3 is 0 Å². The van der Waals surface area contributed by atoms with Gasteiger partial charge in [0.15, 0.2) is 10.1 Å². The minimum absolute atomic E-state index is 0.227. The number of Topliss-reactive ketones (excluding diaryl/α,β-unsaturated/α-hetero) is 1. The van der Waals surface area contributed by atoms with Crippen molar-refractivity contribution in [2.75, 3.05) is 11.1 Å². The lowest BCUT2D eigenvalue weighted by molar-refractivity contribution is 0.0986. The van der Waals surface area contributed by atoms with Gasteiger partial charge in [0.2, 0.25) is 5.13 Å². The van der Waals surface area contributed by atoms with E-state index in [1.165, 1.54) is 22.5 Å². The largest absolute Gasteiger partial charge is 0.330 e. The van der Waals surface area contributed by atoms with Crippen LogP contribution in [0, 0.1) is 13.8 Å². The van der Waals surface area contributed by atoms with Crippen LogP contribution in [-0.4, -0.2) is 21.7 Å². The molecule has 0 bridgehead atoms. The van der Waals surface area contributed by atoms with Gasteiger partial charge in [-0.2, -0.15) is 0 Å². The number of carbonyl (C=O) groups is 1. The molecule has 0 saturated heterocycles. The molecule has 4 nitrogen and oxygen atoms in total. The second-order valence-electron chi connectivity index (χ2n) is 5.65. The Morgan fingerprint density at radius 3 is 2.84 bits per heavy atom. The van der Waals surface area contributed by atoms with Gasteiger partial charge in [0, 0.05) is 17.9 Å². The fraction of sp³-hybridized carbons (Fsp3) is 0.278. The lowest BCUT2D eigenvalue weighted by atomic mass is 10.1. The maximum Gasteiger partial charge on any atom is 0.210 e. The van der Waals surface area contributed by atoms with Crippen molar-refractivity contribution >= 4 is 51.0 Å². The number of rotatable bonds is 8. The highest BCUT2D eigenvalue weighted by molar-refractivity contribution is 8.01. The minimum atomic E-state index is 0.227. The monoisotopic (exact) mass is 389 g/mol. The highest BCUT2D eigenvalue weighted by atomic mass is 32.2. The van der Waals surface area contributed by atoms with Crippen LogP contribution in [0.25, 0.3) is 0 Å². The summed E-state index contributed by atoms with van der Waals surface area (Å²) < 4.78 is 0.926. The molecule has 2 heterocycles. The third-order valence-corrected chi connectivity index (χ3v) is 6.70. The average molecular weight is 390 g/mol. The van der Waals surface area contributed by atoms with Gasteiger partial charge in [0.05, 0.1) is 4.88 Å². The van der Waals surface area contributed by atoms with Crippen molar-refractivity contribution in [3.63, 3.8) is 0 Å². The Morgan fingerprint density at radius 2 is 2.08 bits per heavy atom. The molecule has 1 aromatic carbocycles. The smallest absolute Gasteiger partial charge is 0.210 e. The maximum atomic E-state index is 11.9. The first-order valence-corrected chi connectivity index (χ1v) is 10.7. The van der Waals surface area contributed by atoms with Gasteiger partial charge in [-0.25, -0.2) is 0 Å². The number of nitrogens with one attached hydrogen (secondary N) is 1. The standard InChI is InChI=1S/C18H19N3OS3/c1-12-7-8-14(11-13(12)2)19-17-20-21-18(25-17)24-10-3-5-15(22)16-6-4-9-23-16/h4,6-9,11H,3,5,10H2,1-2H3,(H,19,20). The molecular formula is C18H19N3OS3. The van der Waals surface area contributed by atoms with Crippen molar-refractivity contribution in [2.24, 2.45) is 0 Å². The van der Waals surface area contributed by atoms with Crippen LogP contribution in [-0.2, 0) is 0 Å². The van der Waals surface area contributed by atoms with Crippen LogP contribution in [0.5, 0.6) is 0 Å².